The lowest BCUT2D eigenvalue weighted by Crippen LogP contribution is -2.26. The summed E-state index contributed by atoms with van der Waals surface area (Å²) >= 11 is 0. The highest BCUT2D eigenvalue weighted by atomic mass is 31.2. The summed E-state index contributed by atoms with van der Waals surface area (Å²) < 4.78 is 16.0. The fraction of sp³-hybridized carbons (Fsp3) is 0. The van der Waals surface area contributed by atoms with Crippen LogP contribution < -0.4 is 20.8 Å². The summed E-state index contributed by atoms with van der Waals surface area (Å²) in [6.45, 7) is 0. The van der Waals surface area contributed by atoms with Crippen LogP contribution in [0.2, 0.25) is 0 Å². The Morgan fingerprint density at radius 1 is 0.451 bits per heavy atom. The number of hydrogen-bond acceptors (Lipinski definition) is 3. The normalized spacial score (nSPS) is 11.6. The molecule has 0 saturated carbocycles. The van der Waals surface area contributed by atoms with Gasteiger partial charge < -0.3 is 9.46 Å². The first-order chi connectivity index (χ1) is 25.2. The number of para-hydroxylation sites is 3. The molecule has 0 N–H and O–H groups in total. The largest absolute Gasteiger partial charge is 0.310 e. The summed E-state index contributed by atoms with van der Waals surface area (Å²) in [5.41, 5.74) is 5.60. The Morgan fingerprint density at radius 2 is 0.941 bits per heavy atom. The van der Waals surface area contributed by atoms with E-state index in [0.717, 1.165) is 76.7 Å². The standard InChI is InChI=1S/C47H33N2OP/c50-51(37-24-9-3-10-25-37,38-26-11-4-12-27-38)44-32-18-16-30-41(44)47-46-43(49(35-20-5-1-6-21-35)36-22-7-2-8-23-36)33-34-19-13-14-28-39(34)45(46)40-29-15-17-31-42(40)48-47/h1-33H. The first-order valence-electron chi connectivity index (χ1n) is 17.2. The highest BCUT2D eigenvalue weighted by Gasteiger charge is 2.33. The molecule has 0 aliphatic carbocycles. The summed E-state index contributed by atoms with van der Waals surface area (Å²) in [7, 11) is -3.37. The monoisotopic (exact) mass is 672 g/mol. The molecule has 0 bridgehead atoms. The van der Waals surface area contributed by atoms with Gasteiger partial charge in [-0.05, 0) is 47.2 Å². The molecular formula is C47H33N2OP. The lowest BCUT2D eigenvalue weighted by molar-refractivity contribution is 0.592. The van der Waals surface area contributed by atoms with E-state index in [0.29, 0.717) is 0 Å². The van der Waals surface area contributed by atoms with Gasteiger partial charge in [0.05, 0.1) is 16.9 Å². The van der Waals surface area contributed by atoms with Gasteiger partial charge in [0, 0.05) is 49.0 Å². The van der Waals surface area contributed by atoms with Crippen molar-refractivity contribution >= 4 is 72.6 Å². The van der Waals surface area contributed by atoms with Gasteiger partial charge in [-0.3, -0.25) is 0 Å². The summed E-state index contributed by atoms with van der Waals surface area (Å²) in [5.74, 6) is 0. The Kier molecular flexibility index (Phi) is 7.76. The van der Waals surface area contributed by atoms with Crippen LogP contribution in [0.15, 0.2) is 200 Å². The lowest BCUT2D eigenvalue weighted by Gasteiger charge is -2.29. The van der Waals surface area contributed by atoms with Crippen LogP contribution in [0.25, 0.3) is 43.7 Å². The van der Waals surface area contributed by atoms with Crippen LogP contribution >= 0.6 is 7.14 Å². The van der Waals surface area contributed by atoms with E-state index >= 15 is 4.57 Å². The van der Waals surface area contributed by atoms with Crippen molar-refractivity contribution in [2.24, 2.45) is 0 Å². The van der Waals surface area contributed by atoms with Crippen LogP contribution in [0.4, 0.5) is 17.1 Å². The van der Waals surface area contributed by atoms with Crippen LogP contribution in [0.3, 0.4) is 0 Å². The van der Waals surface area contributed by atoms with Gasteiger partial charge in [-0.15, -0.1) is 0 Å². The van der Waals surface area contributed by atoms with Gasteiger partial charge in [0.2, 0.25) is 0 Å². The molecule has 242 valence electrons. The average Bonchev–Trinajstić information content (AvgIpc) is 3.21. The number of aromatic nitrogens is 1. The van der Waals surface area contributed by atoms with Gasteiger partial charge in [0.15, 0.2) is 7.14 Å². The van der Waals surface area contributed by atoms with E-state index in [1.54, 1.807) is 0 Å². The molecule has 0 spiro atoms. The topological polar surface area (TPSA) is 33.2 Å². The second-order valence-electron chi connectivity index (χ2n) is 12.6. The van der Waals surface area contributed by atoms with E-state index < -0.39 is 7.14 Å². The van der Waals surface area contributed by atoms with Gasteiger partial charge >= 0.3 is 0 Å². The minimum absolute atomic E-state index is 0.761. The number of fused-ring (bicyclic) bond motifs is 5. The SMILES string of the molecule is O=P(c1ccccc1)(c1ccccc1)c1ccccc1-c1nc2ccccc2c2c1c(N(c1ccccc1)c1ccccc1)cc1ccccc12. The highest BCUT2D eigenvalue weighted by molar-refractivity contribution is 7.85. The molecule has 9 rings (SSSR count). The first-order valence-corrected chi connectivity index (χ1v) is 18.9. The van der Waals surface area contributed by atoms with E-state index in [1.165, 1.54) is 0 Å². The Morgan fingerprint density at radius 3 is 1.57 bits per heavy atom. The molecular weight excluding hydrogens is 640 g/mol. The lowest BCUT2D eigenvalue weighted by atomic mass is 9.93. The molecule has 4 heteroatoms. The number of pyridine rings is 1. The number of benzene rings is 8. The molecule has 0 fully saturated rings. The fourth-order valence-corrected chi connectivity index (χ4v) is 10.3. The molecule has 0 unspecified atom stereocenters. The minimum Gasteiger partial charge on any atom is -0.310 e. The van der Waals surface area contributed by atoms with Crippen molar-refractivity contribution in [1.29, 1.82) is 0 Å². The van der Waals surface area contributed by atoms with Gasteiger partial charge in [0.1, 0.15) is 0 Å². The summed E-state index contributed by atoms with van der Waals surface area (Å²) in [4.78, 5) is 7.85. The van der Waals surface area contributed by atoms with Gasteiger partial charge in [-0.25, -0.2) is 4.98 Å². The number of anilines is 3. The molecule has 51 heavy (non-hydrogen) atoms. The third-order valence-corrected chi connectivity index (χ3v) is 12.8. The Hall–Kier alpha value is -6.28. The number of rotatable bonds is 7. The molecule has 0 aliphatic heterocycles. The van der Waals surface area contributed by atoms with E-state index in [1.807, 2.05) is 97.1 Å². The maximum atomic E-state index is 16.0. The van der Waals surface area contributed by atoms with E-state index in [9.17, 15) is 0 Å². The minimum atomic E-state index is -3.37. The zero-order valence-electron chi connectivity index (χ0n) is 27.8. The molecule has 0 aliphatic rings. The quantitative estimate of drug-likeness (QED) is 0.125. The maximum Gasteiger partial charge on any atom is 0.171 e. The highest BCUT2D eigenvalue weighted by Crippen LogP contribution is 2.50. The third kappa shape index (κ3) is 5.22. The van der Waals surface area contributed by atoms with Gasteiger partial charge in [-0.1, -0.05) is 164 Å². The van der Waals surface area contributed by atoms with Crippen LogP contribution in [0, 0.1) is 0 Å². The van der Waals surface area contributed by atoms with Crippen LogP contribution in [-0.4, -0.2) is 4.98 Å². The zero-order valence-corrected chi connectivity index (χ0v) is 28.7. The smallest absolute Gasteiger partial charge is 0.171 e. The van der Waals surface area contributed by atoms with Crippen molar-refractivity contribution in [3.05, 3.63) is 200 Å². The van der Waals surface area contributed by atoms with Crippen molar-refractivity contribution in [1.82, 2.24) is 4.98 Å². The zero-order chi connectivity index (χ0) is 34.2. The van der Waals surface area contributed by atoms with E-state index in [2.05, 4.69) is 108 Å². The fourth-order valence-electron chi connectivity index (χ4n) is 7.42. The average molecular weight is 673 g/mol. The van der Waals surface area contributed by atoms with Crippen LogP contribution in [-0.2, 0) is 4.57 Å². The summed E-state index contributed by atoms with van der Waals surface area (Å²) in [6.07, 6.45) is 0. The molecule has 0 saturated heterocycles. The van der Waals surface area contributed by atoms with Crippen molar-refractivity contribution in [2.45, 2.75) is 0 Å². The second kappa shape index (κ2) is 12.9. The van der Waals surface area contributed by atoms with E-state index in [4.69, 9.17) is 4.98 Å². The molecule has 8 aromatic carbocycles. The van der Waals surface area contributed by atoms with Crippen molar-refractivity contribution in [3.63, 3.8) is 0 Å². The first kappa shape index (κ1) is 30.8. The van der Waals surface area contributed by atoms with Crippen molar-refractivity contribution in [3.8, 4) is 11.3 Å². The molecule has 0 radical (unpaired) electrons. The Balaban J connectivity index is 1.47. The summed E-state index contributed by atoms with van der Waals surface area (Å²) in [6, 6.07) is 68.2. The Bertz CT molecular complexity index is 2620. The number of nitrogens with zero attached hydrogens (tertiary/aromatic N) is 2. The number of hydrogen-bond donors (Lipinski definition) is 0. The van der Waals surface area contributed by atoms with Gasteiger partial charge in [-0.2, -0.15) is 0 Å². The molecule has 1 aromatic heterocycles. The summed E-state index contributed by atoms with van der Waals surface area (Å²) in [5, 5.41) is 7.79. The van der Waals surface area contributed by atoms with Gasteiger partial charge in [0.25, 0.3) is 0 Å². The third-order valence-electron chi connectivity index (χ3n) is 9.68. The second-order valence-corrected chi connectivity index (χ2v) is 15.4. The van der Waals surface area contributed by atoms with E-state index in [-0.39, 0.29) is 0 Å². The molecule has 3 nitrogen and oxygen atoms in total. The predicted molar refractivity (Wildman–Crippen MR) is 216 cm³/mol. The molecule has 9 aromatic rings. The molecule has 0 amide bonds. The molecule has 0 atom stereocenters. The molecule has 1 heterocycles. The predicted octanol–water partition coefficient (Wildman–Crippen LogP) is 11.3. The van der Waals surface area contributed by atoms with Crippen molar-refractivity contribution in [2.75, 3.05) is 4.90 Å². The van der Waals surface area contributed by atoms with Crippen molar-refractivity contribution < 1.29 is 4.57 Å². The van der Waals surface area contributed by atoms with Crippen LogP contribution in [0.1, 0.15) is 0 Å². The maximum absolute atomic E-state index is 16.0. The Labute approximate surface area is 297 Å². The van der Waals surface area contributed by atoms with Crippen LogP contribution in [0.5, 0.6) is 0 Å².